The molecule has 1 N–H and O–H groups in total. The highest BCUT2D eigenvalue weighted by atomic mass is 127. The van der Waals surface area contributed by atoms with Gasteiger partial charge in [-0.3, -0.25) is 9.59 Å². The van der Waals surface area contributed by atoms with Crippen molar-refractivity contribution in [1.29, 1.82) is 0 Å². The Morgan fingerprint density at radius 3 is 1.94 bits per heavy atom. The van der Waals surface area contributed by atoms with Crippen LogP contribution in [0, 0.1) is 14.3 Å². The number of carbonyl (C=O) groups excluding carboxylic acids is 2. The SMILES string of the molecule is CC(=O)Nc1c(I)c(I)c(I)c(C(=O)Cl)c1I. The summed E-state index contributed by atoms with van der Waals surface area (Å²) in [5.74, 6) is -0.175. The molecule has 0 aliphatic heterocycles. The van der Waals surface area contributed by atoms with Crippen LogP contribution in [0.5, 0.6) is 0 Å². The van der Waals surface area contributed by atoms with E-state index in [1.807, 2.05) is 22.6 Å². The van der Waals surface area contributed by atoms with Gasteiger partial charge in [0.25, 0.3) is 5.24 Å². The lowest BCUT2D eigenvalue weighted by molar-refractivity contribution is -0.114. The van der Waals surface area contributed by atoms with Crippen molar-refractivity contribution in [1.82, 2.24) is 0 Å². The smallest absolute Gasteiger partial charge is 0.254 e. The number of anilines is 1. The standard InChI is InChI=1S/C9H4ClI4NO2/c1-2(16)15-8-5(12)3(9(10)17)4(11)6(13)7(8)14/h1H3,(H,15,16). The molecule has 3 nitrogen and oxygen atoms in total. The van der Waals surface area contributed by atoms with Gasteiger partial charge in [-0.1, -0.05) is 0 Å². The van der Waals surface area contributed by atoms with Crippen molar-refractivity contribution >= 4 is 119 Å². The lowest BCUT2D eigenvalue weighted by Gasteiger charge is -2.14. The molecule has 1 amide bonds. The number of hydrogen-bond donors (Lipinski definition) is 1. The predicted octanol–water partition coefficient (Wildman–Crippen LogP) is 4.44. The largest absolute Gasteiger partial charge is 0.324 e. The van der Waals surface area contributed by atoms with E-state index < -0.39 is 5.24 Å². The Bertz CT molecular complexity index is 518. The number of nitrogens with one attached hydrogen (secondary N) is 1. The first-order valence-corrected chi connectivity index (χ1v) is 8.80. The van der Waals surface area contributed by atoms with Gasteiger partial charge in [-0.2, -0.15) is 0 Å². The van der Waals surface area contributed by atoms with Crippen molar-refractivity contribution in [2.24, 2.45) is 0 Å². The fourth-order valence-corrected chi connectivity index (χ4v) is 6.06. The summed E-state index contributed by atoms with van der Waals surface area (Å²) in [5, 5.41) is 2.22. The van der Waals surface area contributed by atoms with Crippen LogP contribution in [-0.4, -0.2) is 11.1 Å². The van der Waals surface area contributed by atoms with Crippen LogP contribution in [0.15, 0.2) is 0 Å². The molecule has 92 valence electrons. The highest BCUT2D eigenvalue weighted by molar-refractivity contribution is 14.1. The van der Waals surface area contributed by atoms with E-state index in [1.54, 1.807) is 0 Å². The van der Waals surface area contributed by atoms with Gasteiger partial charge in [0, 0.05) is 14.1 Å². The molecule has 0 saturated carbocycles. The lowest BCUT2D eigenvalue weighted by Crippen LogP contribution is -2.13. The summed E-state index contributed by atoms with van der Waals surface area (Å²) in [5.41, 5.74) is 1.09. The van der Waals surface area contributed by atoms with E-state index in [0.717, 1.165) is 10.7 Å². The first-order valence-electron chi connectivity index (χ1n) is 4.10. The van der Waals surface area contributed by atoms with Crippen molar-refractivity contribution in [3.63, 3.8) is 0 Å². The van der Waals surface area contributed by atoms with Gasteiger partial charge < -0.3 is 5.32 Å². The van der Waals surface area contributed by atoms with Gasteiger partial charge in [-0.25, -0.2) is 0 Å². The minimum Gasteiger partial charge on any atom is -0.324 e. The topological polar surface area (TPSA) is 46.2 Å². The van der Waals surface area contributed by atoms with E-state index in [4.69, 9.17) is 11.6 Å². The zero-order valence-electron chi connectivity index (χ0n) is 8.21. The van der Waals surface area contributed by atoms with Crippen molar-refractivity contribution in [2.45, 2.75) is 6.92 Å². The second-order valence-corrected chi connectivity index (χ2v) is 7.62. The second-order valence-electron chi connectivity index (χ2n) is 2.96. The normalized spacial score (nSPS) is 10.2. The van der Waals surface area contributed by atoms with Gasteiger partial charge in [0.05, 0.1) is 18.4 Å². The third-order valence-corrected chi connectivity index (χ3v) is 8.33. The first-order chi connectivity index (χ1) is 7.77. The predicted molar refractivity (Wildman–Crippen MR) is 102 cm³/mol. The number of halogens is 5. The third kappa shape index (κ3) is 3.78. The van der Waals surface area contributed by atoms with Gasteiger partial charge in [-0.05, 0) is 102 Å². The monoisotopic (exact) mass is 701 g/mol. The number of amides is 1. The fraction of sp³-hybridized carbons (Fsp3) is 0.111. The molecule has 0 saturated heterocycles. The fourth-order valence-electron chi connectivity index (χ4n) is 1.09. The van der Waals surface area contributed by atoms with Crippen molar-refractivity contribution in [3.05, 3.63) is 19.8 Å². The quantitative estimate of drug-likeness (QED) is 0.215. The van der Waals surface area contributed by atoms with E-state index in [2.05, 4.69) is 73.1 Å². The molecular weight excluding hydrogens is 697 g/mol. The summed E-state index contributed by atoms with van der Waals surface area (Å²) < 4.78 is 3.31. The molecule has 1 rings (SSSR count). The third-order valence-electron chi connectivity index (χ3n) is 1.76. The van der Waals surface area contributed by atoms with Crippen LogP contribution in [0.4, 0.5) is 5.69 Å². The Balaban J connectivity index is 3.61. The molecule has 17 heavy (non-hydrogen) atoms. The second kappa shape index (κ2) is 6.83. The molecule has 8 heteroatoms. The van der Waals surface area contributed by atoms with Crippen LogP contribution in [0.1, 0.15) is 17.3 Å². The molecule has 0 aromatic heterocycles. The van der Waals surface area contributed by atoms with E-state index >= 15 is 0 Å². The minimum atomic E-state index is -0.514. The van der Waals surface area contributed by atoms with Gasteiger partial charge in [0.15, 0.2) is 0 Å². The maximum atomic E-state index is 11.4. The van der Waals surface area contributed by atoms with Crippen LogP contribution >= 0.6 is 102 Å². The number of hydrogen-bond acceptors (Lipinski definition) is 2. The molecule has 0 bridgehead atoms. The minimum absolute atomic E-state index is 0.175. The summed E-state index contributed by atoms with van der Waals surface area (Å²) in [6.45, 7) is 1.43. The maximum absolute atomic E-state index is 11.4. The highest BCUT2D eigenvalue weighted by Gasteiger charge is 2.22. The molecular formula is C9H4ClI4NO2. The van der Waals surface area contributed by atoms with Gasteiger partial charge in [0.2, 0.25) is 5.91 Å². The van der Waals surface area contributed by atoms with Crippen molar-refractivity contribution in [2.75, 3.05) is 5.32 Å². The summed E-state index contributed by atoms with van der Waals surface area (Å²) in [7, 11) is 0. The summed E-state index contributed by atoms with van der Waals surface area (Å²) in [4.78, 5) is 22.6. The Hall–Kier alpha value is 1.57. The van der Waals surface area contributed by atoms with E-state index in [1.165, 1.54) is 6.92 Å². The molecule has 0 unspecified atom stereocenters. The lowest BCUT2D eigenvalue weighted by atomic mass is 10.2. The number of rotatable bonds is 2. The zero-order valence-corrected chi connectivity index (χ0v) is 17.6. The number of benzene rings is 1. The van der Waals surface area contributed by atoms with Gasteiger partial charge in [0.1, 0.15) is 0 Å². The van der Waals surface area contributed by atoms with Crippen molar-refractivity contribution in [3.8, 4) is 0 Å². The molecule has 0 fully saturated rings. The molecule has 0 aliphatic rings. The molecule has 0 spiro atoms. The molecule has 0 radical (unpaired) electrons. The Kier molecular flexibility index (Phi) is 6.68. The van der Waals surface area contributed by atoms with E-state index in [-0.39, 0.29) is 5.91 Å². The van der Waals surface area contributed by atoms with Crippen LogP contribution in [-0.2, 0) is 4.79 Å². The van der Waals surface area contributed by atoms with Crippen LogP contribution in [0.3, 0.4) is 0 Å². The average Bonchev–Trinajstić information content (AvgIpc) is 2.21. The highest BCUT2D eigenvalue weighted by Crippen LogP contribution is 2.36. The Morgan fingerprint density at radius 2 is 1.53 bits per heavy atom. The van der Waals surface area contributed by atoms with E-state index in [9.17, 15) is 9.59 Å². The molecule has 0 atom stereocenters. The van der Waals surface area contributed by atoms with Crippen molar-refractivity contribution < 1.29 is 9.59 Å². The average molecular weight is 701 g/mol. The summed E-state index contributed by atoms with van der Waals surface area (Å²) in [6, 6.07) is 0. The van der Waals surface area contributed by atoms with Gasteiger partial charge >= 0.3 is 0 Å². The van der Waals surface area contributed by atoms with Gasteiger partial charge in [-0.15, -0.1) is 0 Å². The van der Waals surface area contributed by atoms with Crippen LogP contribution in [0.25, 0.3) is 0 Å². The van der Waals surface area contributed by atoms with Crippen LogP contribution in [0.2, 0.25) is 0 Å². The maximum Gasteiger partial charge on any atom is 0.254 e. The van der Waals surface area contributed by atoms with E-state index in [0.29, 0.717) is 14.8 Å². The molecule has 1 aromatic rings. The Labute approximate surface area is 158 Å². The zero-order chi connectivity index (χ0) is 13.3. The summed E-state index contributed by atoms with van der Waals surface area (Å²) >= 11 is 14.0. The first kappa shape index (κ1) is 16.6. The summed E-state index contributed by atoms with van der Waals surface area (Å²) in [6.07, 6.45) is 0. The molecule has 0 aliphatic carbocycles. The number of carbonyl (C=O) groups is 2. The Morgan fingerprint density at radius 1 is 1.00 bits per heavy atom. The van der Waals surface area contributed by atoms with Crippen LogP contribution < -0.4 is 5.32 Å². The molecule has 0 heterocycles. The molecule has 1 aromatic carbocycles.